The highest BCUT2D eigenvalue weighted by Crippen LogP contribution is 2.29. The molecule has 0 unspecified atom stereocenters. The van der Waals surface area contributed by atoms with E-state index in [0.29, 0.717) is 5.82 Å². The average molecular weight is 339 g/mol. The lowest BCUT2D eigenvalue weighted by molar-refractivity contribution is 0.141. The smallest absolute Gasteiger partial charge is 0.282 e. The molecule has 0 amide bonds. The first kappa shape index (κ1) is 13.4. The van der Waals surface area contributed by atoms with Gasteiger partial charge in [0.25, 0.3) is 6.43 Å². The summed E-state index contributed by atoms with van der Waals surface area (Å²) in [5.41, 5.74) is -0.622. The highest BCUT2D eigenvalue weighted by molar-refractivity contribution is 9.10. The second-order valence-corrected chi connectivity index (χ2v) is 4.63. The zero-order valence-electron chi connectivity index (χ0n) is 8.82. The number of aliphatic hydroxyl groups excluding tert-OH is 1. The molecule has 2 aromatic rings. The lowest BCUT2D eigenvalue weighted by Gasteiger charge is -2.01. The summed E-state index contributed by atoms with van der Waals surface area (Å²) < 4.78 is 27.2. The number of aliphatic hydroxyl groups is 1. The normalized spacial score (nSPS) is 11.2. The van der Waals surface area contributed by atoms with Gasteiger partial charge in [-0.1, -0.05) is 11.6 Å². The van der Waals surface area contributed by atoms with Gasteiger partial charge in [-0.3, -0.25) is 0 Å². The number of hydrogen-bond donors (Lipinski definition) is 1. The highest BCUT2D eigenvalue weighted by atomic mass is 79.9. The summed E-state index contributed by atoms with van der Waals surface area (Å²) in [4.78, 5) is 4.00. The molecule has 0 bridgehead atoms. The van der Waals surface area contributed by atoms with E-state index in [2.05, 4.69) is 26.0 Å². The second kappa shape index (κ2) is 5.29. The van der Waals surface area contributed by atoms with Gasteiger partial charge in [0.05, 0.1) is 6.61 Å². The zero-order valence-corrected chi connectivity index (χ0v) is 11.2. The number of aromatic nitrogens is 3. The fourth-order valence-electron chi connectivity index (χ4n) is 1.41. The van der Waals surface area contributed by atoms with Crippen LogP contribution < -0.4 is 0 Å². The lowest BCUT2D eigenvalue weighted by Crippen LogP contribution is -2.00. The van der Waals surface area contributed by atoms with Crippen molar-refractivity contribution in [2.24, 2.45) is 0 Å². The highest BCUT2D eigenvalue weighted by Gasteiger charge is 2.23. The molecule has 4 nitrogen and oxygen atoms in total. The van der Waals surface area contributed by atoms with Crippen molar-refractivity contribution in [1.82, 2.24) is 14.8 Å². The Hall–Kier alpha value is -1.05. The van der Waals surface area contributed by atoms with Gasteiger partial charge in [-0.15, -0.1) is 0 Å². The predicted molar refractivity (Wildman–Crippen MR) is 64.9 cm³/mol. The van der Waals surface area contributed by atoms with E-state index in [1.165, 1.54) is 6.20 Å². The molecule has 0 spiro atoms. The van der Waals surface area contributed by atoms with Gasteiger partial charge in [0, 0.05) is 16.2 Å². The molecule has 1 N–H and O–H groups in total. The molecule has 0 aliphatic heterocycles. The van der Waals surface area contributed by atoms with Crippen LogP contribution >= 0.6 is 27.5 Å². The van der Waals surface area contributed by atoms with Crippen molar-refractivity contribution in [1.29, 1.82) is 0 Å². The van der Waals surface area contributed by atoms with Crippen molar-refractivity contribution in [2.45, 2.75) is 13.0 Å². The quantitative estimate of drug-likeness (QED) is 0.935. The van der Waals surface area contributed by atoms with Gasteiger partial charge in [-0.05, 0) is 28.1 Å². The minimum atomic E-state index is -2.80. The number of nitrogens with zero attached hydrogens (tertiary/aromatic N) is 3. The number of pyridine rings is 1. The minimum absolute atomic E-state index is 0.0670. The molecule has 2 heterocycles. The first-order valence-electron chi connectivity index (χ1n) is 4.82. The third kappa shape index (κ3) is 2.38. The Bertz CT molecular complexity index is 559. The lowest BCUT2D eigenvalue weighted by atomic mass is 10.3. The molecule has 0 aromatic carbocycles. The fourth-order valence-corrected chi connectivity index (χ4v) is 1.93. The van der Waals surface area contributed by atoms with Crippen LogP contribution in [0.3, 0.4) is 0 Å². The van der Waals surface area contributed by atoms with E-state index in [4.69, 9.17) is 16.7 Å². The number of rotatable bonds is 3. The Labute approximate surface area is 114 Å². The topological polar surface area (TPSA) is 50.9 Å². The molecule has 96 valence electrons. The maximum absolute atomic E-state index is 12.7. The SMILES string of the molecule is OCc1c(C(F)F)nn(-c2ccc(Br)cn2)c1Cl. The molecule has 0 atom stereocenters. The van der Waals surface area contributed by atoms with Crippen LogP contribution in [0.2, 0.25) is 5.15 Å². The van der Waals surface area contributed by atoms with Crippen LogP contribution in [0.5, 0.6) is 0 Å². The van der Waals surface area contributed by atoms with Crippen LogP contribution in [0.15, 0.2) is 22.8 Å². The van der Waals surface area contributed by atoms with Crippen molar-refractivity contribution in [3.8, 4) is 5.82 Å². The van der Waals surface area contributed by atoms with E-state index in [0.717, 1.165) is 9.15 Å². The van der Waals surface area contributed by atoms with E-state index >= 15 is 0 Å². The number of hydrogen-bond acceptors (Lipinski definition) is 3. The molecule has 0 aliphatic rings. The molecule has 0 aliphatic carbocycles. The van der Waals surface area contributed by atoms with Crippen LogP contribution in [0.1, 0.15) is 17.7 Å². The van der Waals surface area contributed by atoms with E-state index in [1.54, 1.807) is 12.1 Å². The van der Waals surface area contributed by atoms with Gasteiger partial charge in [0.15, 0.2) is 5.82 Å². The summed E-state index contributed by atoms with van der Waals surface area (Å²) in [6.45, 7) is -0.602. The monoisotopic (exact) mass is 337 g/mol. The van der Waals surface area contributed by atoms with Crippen molar-refractivity contribution in [2.75, 3.05) is 0 Å². The van der Waals surface area contributed by atoms with Crippen LogP contribution in [-0.4, -0.2) is 19.9 Å². The Balaban J connectivity index is 2.55. The maximum atomic E-state index is 12.7. The summed E-state index contributed by atoms with van der Waals surface area (Å²) in [6, 6.07) is 3.25. The second-order valence-electron chi connectivity index (χ2n) is 3.36. The molecule has 2 aromatic heterocycles. The van der Waals surface area contributed by atoms with Crippen molar-refractivity contribution >= 4 is 27.5 Å². The zero-order chi connectivity index (χ0) is 13.3. The molecule has 0 radical (unpaired) electrons. The third-order valence-electron chi connectivity index (χ3n) is 2.25. The first-order chi connectivity index (χ1) is 8.54. The first-order valence-corrected chi connectivity index (χ1v) is 6.00. The standard InChI is InChI=1S/C10H7BrClF2N3O/c11-5-1-2-7(15-3-5)17-9(12)6(4-18)8(16-17)10(13)14/h1-3,10,18H,4H2. The van der Waals surface area contributed by atoms with Gasteiger partial charge < -0.3 is 5.11 Å². The maximum Gasteiger partial charge on any atom is 0.282 e. The summed E-state index contributed by atoms with van der Waals surface area (Å²) in [5.74, 6) is 0.296. The third-order valence-corrected chi connectivity index (χ3v) is 3.10. The number of alkyl halides is 2. The van der Waals surface area contributed by atoms with Gasteiger partial charge in [-0.25, -0.2) is 18.4 Å². The fraction of sp³-hybridized carbons (Fsp3) is 0.200. The molecule has 8 heteroatoms. The summed E-state index contributed by atoms with van der Waals surface area (Å²) in [7, 11) is 0. The number of halogens is 4. The van der Waals surface area contributed by atoms with Gasteiger partial charge in [-0.2, -0.15) is 5.10 Å². The Morgan fingerprint density at radius 3 is 2.61 bits per heavy atom. The summed E-state index contributed by atoms with van der Waals surface area (Å²) >= 11 is 9.11. The summed E-state index contributed by atoms with van der Waals surface area (Å²) in [6.07, 6.45) is -1.31. The van der Waals surface area contributed by atoms with Crippen molar-refractivity contribution in [3.63, 3.8) is 0 Å². The van der Waals surface area contributed by atoms with Gasteiger partial charge >= 0.3 is 0 Å². The molecule has 18 heavy (non-hydrogen) atoms. The van der Waals surface area contributed by atoms with E-state index < -0.39 is 18.7 Å². The van der Waals surface area contributed by atoms with E-state index in [1.807, 2.05) is 0 Å². The Morgan fingerprint density at radius 2 is 2.17 bits per heavy atom. The van der Waals surface area contributed by atoms with Crippen LogP contribution in [-0.2, 0) is 6.61 Å². The van der Waals surface area contributed by atoms with Crippen LogP contribution in [0.4, 0.5) is 8.78 Å². The largest absolute Gasteiger partial charge is 0.391 e. The Kier molecular flexibility index (Phi) is 3.94. The molecular formula is C10H7BrClF2N3O. The molecule has 2 rings (SSSR count). The average Bonchev–Trinajstić information content (AvgIpc) is 2.67. The minimum Gasteiger partial charge on any atom is -0.391 e. The summed E-state index contributed by atoms with van der Waals surface area (Å²) in [5, 5.41) is 12.7. The van der Waals surface area contributed by atoms with Gasteiger partial charge in [0.2, 0.25) is 0 Å². The van der Waals surface area contributed by atoms with E-state index in [9.17, 15) is 8.78 Å². The Morgan fingerprint density at radius 1 is 1.44 bits per heavy atom. The molecule has 0 saturated carbocycles. The van der Waals surface area contributed by atoms with E-state index in [-0.39, 0.29) is 10.7 Å². The van der Waals surface area contributed by atoms with Crippen molar-refractivity contribution < 1.29 is 13.9 Å². The van der Waals surface area contributed by atoms with Crippen LogP contribution in [0.25, 0.3) is 5.82 Å². The molecule has 0 fully saturated rings. The molecular weight excluding hydrogens is 331 g/mol. The predicted octanol–water partition coefficient (Wildman–Crippen LogP) is 3.11. The molecule has 0 saturated heterocycles. The van der Waals surface area contributed by atoms with Crippen molar-refractivity contribution in [3.05, 3.63) is 39.2 Å². The van der Waals surface area contributed by atoms with Gasteiger partial charge in [0.1, 0.15) is 10.8 Å². The van der Waals surface area contributed by atoms with Crippen LogP contribution in [0, 0.1) is 0 Å².